The Bertz CT molecular complexity index is 731. The average Bonchev–Trinajstić information content (AvgIpc) is 2.41. The number of halogens is 1. The summed E-state index contributed by atoms with van der Waals surface area (Å²) in [6, 6.07) is 9.09. The maximum Gasteiger partial charge on any atom is 0.270 e. The minimum atomic E-state index is -0.788. The van der Waals surface area contributed by atoms with E-state index in [2.05, 4.69) is 15.9 Å². The third-order valence-electron chi connectivity index (χ3n) is 2.80. The highest BCUT2D eigenvalue weighted by Gasteiger charge is 2.16. The quantitative estimate of drug-likeness (QED) is 0.673. The maximum absolute atomic E-state index is 11.4. The predicted molar refractivity (Wildman–Crippen MR) is 80.6 cm³/mol. The van der Waals surface area contributed by atoms with Crippen molar-refractivity contribution in [3.8, 4) is 11.5 Å². The summed E-state index contributed by atoms with van der Waals surface area (Å²) in [5.41, 5.74) is 5.84. The Balaban J connectivity index is 2.44. The zero-order chi connectivity index (χ0) is 15.6. The summed E-state index contributed by atoms with van der Waals surface area (Å²) in [4.78, 5) is 21.6. The fraction of sp³-hybridized carbons (Fsp3) is 0.0714. The van der Waals surface area contributed by atoms with Gasteiger partial charge in [0.2, 0.25) is 0 Å². The highest BCUT2D eigenvalue weighted by Crippen LogP contribution is 2.31. The molecule has 0 fully saturated rings. The van der Waals surface area contributed by atoms with E-state index in [-0.39, 0.29) is 17.0 Å². The number of nitro groups is 1. The molecule has 0 aliphatic heterocycles. The van der Waals surface area contributed by atoms with Gasteiger partial charge in [-0.15, -0.1) is 0 Å². The van der Waals surface area contributed by atoms with E-state index in [0.717, 1.165) is 16.1 Å². The molecule has 2 aromatic carbocycles. The molecule has 1 amide bonds. The lowest BCUT2D eigenvalue weighted by Crippen LogP contribution is -2.12. The lowest BCUT2D eigenvalue weighted by molar-refractivity contribution is -0.384. The standard InChI is InChI=1S/C14H11BrN2O4/c1-8-6-9(15)2-4-12(8)21-13-5-3-10(17(19)20)7-11(13)14(16)18/h2-7H,1H3,(H2,16,18). The third kappa shape index (κ3) is 3.38. The van der Waals surface area contributed by atoms with Gasteiger partial charge in [-0.3, -0.25) is 14.9 Å². The van der Waals surface area contributed by atoms with Crippen molar-refractivity contribution in [2.45, 2.75) is 6.92 Å². The van der Waals surface area contributed by atoms with Crippen LogP contribution in [-0.4, -0.2) is 10.8 Å². The molecule has 0 spiro atoms. The molecule has 0 aliphatic rings. The van der Waals surface area contributed by atoms with Crippen LogP contribution in [0.3, 0.4) is 0 Å². The maximum atomic E-state index is 11.4. The summed E-state index contributed by atoms with van der Waals surface area (Å²) >= 11 is 3.34. The Morgan fingerprint density at radius 2 is 1.90 bits per heavy atom. The molecule has 6 nitrogen and oxygen atoms in total. The van der Waals surface area contributed by atoms with Crippen LogP contribution in [0.2, 0.25) is 0 Å². The van der Waals surface area contributed by atoms with E-state index in [1.807, 2.05) is 13.0 Å². The van der Waals surface area contributed by atoms with Crippen molar-refractivity contribution in [1.29, 1.82) is 0 Å². The van der Waals surface area contributed by atoms with E-state index in [1.54, 1.807) is 12.1 Å². The number of hydrogen-bond acceptors (Lipinski definition) is 4. The topological polar surface area (TPSA) is 95.5 Å². The largest absolute Gasteiger partial charge is 0.456 e. The number of aryl methyl sites for hydroxylation is 1. The van der Waals surface area contributed by atoms with Crippen LogP contribution in [0, 0.1) is 17.0 Å². The van der Waals surface area contributed by atoms with E-state index >= 15 is 0 Å². The molecule has 0 unspecified atom stereocenters. The van der Waals surface area contributed by atoms with Gasteiger partial charge >= 0.3 is 0 Å². The lowest BCUT2D eigenvalue weighted by Gasteiger charge is -2.11. The van der Waals surface area contributed by atoms with Crippen molar-refractivity contribution in [3.63, 3.8) is 0 Å². The van der Waals surface area contributed by atoms with E-state index < -0.39 is 10.8 Å². The van der Waals surface area contributed by atoms with Gasteiger partial charge in [-0.05, 0) is 36.8 Å². The van der Waals surface area contributed by atoms with E-state index in [9.17, 15) is 14.9 Å². The minimum Gasteiger partial charge on any atom is -0.456 e. The minimum absolute atomic E-state index is 0.0356. The highest BCUT2D eigenvalue weighted by molar-refractivity contribution is 9.10. The summed E-state index contributed by atoms with van der Waals surface area (Å²) < 4.78 is 6.54. The number of benzene rings is 2. The van der Waals surface area contributed by atoms with Gasteiger partial charge in [-0.2, -0.15) is 0 Å². The number of amides is 1. The second kappa shape index (κ2) is 5.92. The van der Waals surface area contributed by atoms with Crippen molar-refractivity contribution in [3.05, 3.63) is 62.1 Å². The molecule has 0 radical (unpaired) electrons. The monoisotopic (exact) mass is 350 g/mol. The molecule has 0 atom stereocenters. The lowest BCUT2D eigenvalue weighted by atomic mass is 10.1. The van der Waals surface area contributed by atoms with Crippen molar-refractivity contribution in [2.75, 3.05) is 0 Å². The Morgan fingerprint density at radius 3 is 2.48 bits per heavy atom. The van der Waals surface area contributed by atoms with Crippen LogP contribution in [0.15, 0.2) is 40.9 Å². The number of carbonyl (C=O) groups is 1. The van der Waals surface area contributed by atoms with E-state index in [1.165, 1.54) is 12.1 Å². The second-order valence-corrected chi connectivity index (χ2v) is 5.23. The molecule has 7 heteroatoms. The van der Waals surface area contributed by atoms with Gasteiger partial charge in [0, 0.05) is 16.6 Å². The molecular formula is C14H11BrN2O4. The Kier molecular flexibility index (Phi) is 4.23. The van der Waals surface area contributed by atoms with Gasteiger partial charge in [0.25, 0.3) is 11.6 Å². The molecule has 2 aromatic rings. The first-order valence-electron chi connectivity index (χ1n) is 5.90. The summed E-state index contributed by atoms with van der Waals surface area (Å²) in [6.45, 7) is 1.84. The number of nitro benzene ring substituents is 1. The number of nitrogens with zero attached hydrogens (tertiary/aromatic N) is 1. The summed E-state index contributed by atoms with van der Waals surface area (Å²) in [5, 5.41) is 10.7. The smallest absolute Gasteiger partial charge is 0.270 e. The summed E-state index contributed by atoms with van der Waals surface area (Å²) in [6.07, 6.45) is 0. The van der Waals surface area contributed by atoms with Crippen molar-refractivity contribution >= 4 is 27.5 Å². The first-order valence-corrected chi connectivity index (χ1v) is 6.70. The number of hydrogen-bond donors (Lipinski definition) is 1. The van der Waals surface area contributed by atoms with Crippen molar-refractivity contribution in [1.82, 2.24) is 0 Å². The van der Waals surface area contributed by atoms with Crippen LogP contribution in [0.25, 0.3) is 0 Å². The zero-order valence-electron chi connectivity index (χ0n) is 11.0. The predicted octanol–water partition coefficient (Wildman–Crippen LogP) is 3.56. The number of non-ortho nitro benzene ring substituents is 1. The molecule has 0 saturated heterocycles. The van der Waals surface area contributed by atoms with Gasteiger partial charge in [-0.1, -0.05) is 15.9 Å². The molecule has 0 heterocycles. The molecule has 0 aromatic heterocycles. The Morgan fingerprint density at radius 1 is 1.24 bits per heavy atom. The first kappa shape index (κ1) is 15.0. The van der Waals surface area contributed by atoms with Crippen molar-refractivity contribution in [2.24, 2.45) is 5.73 Å². The number of rotatable bonds is 4. The van der Waals surface area contributed by atoms with Crippen LogP contribution in [0.5, 0.6) is 11.5 Å². The van der Waals surface area contributed by atoms with Gasteiger partial charge in [0.1, 0.15) is 11.5 Å². The normalized spacial score (nSPS) is 10.2. The molecule has 2 rings (SSSR count). The van der Waals surface area contributed by atoms with Crippen LogP contribution < -0.4 is 10.5 Å². The SMILES string of the molecule is Cc1cc(Br)ccc1Oc1ccc([N+](=O)[O-])cc1C(N)=O. The fourth-order valence-electron chi connectivity index (χ4n) is 1.76. The fourth-order valence-corrected chi connectivity index (χ4v) is 2.23. The third-order valence-corrected chi connectivity index (χ3v) is 3.29. The summed E-state index contributed by atoms with van der Waals surface area (Å²) in [7, 11) is 0. The van der Waals surface area contributed by atoms with Crippen LogP contribution in [0.4, 0.5) is 5.69 Å². The van der Waals surface area contributed by atoms with Gasteiger partial charge < -0.3 is 10.5 Å². The number of ether oxygens (including phenoxy) is 1. The molecule has 108 valence electrons. The zero-order valence-corrected chi connectivity index (χ0v) is 12.6. The first-order chi connectivity index (χ1) is 9.88. The number of primary amides is 1. The molecular weight excluding hydrogens is 340 g/mol. The molecule has 0 aliphatic carbocycles. The second-order valence-electron chi connectivity index (χ2n) is 4.31. The Labute approximate surface area is 128 Å². The highest BCUT2D eigenvalue weighted by atomic mass is 79.9. The van der Waals surface area contributed by atoms with Gasteiger partial charge in [0.05, 0.1) is 10.5 Å². The number of carbonyl (C=O) groups excluding carboxylic acids is 1. The van der Waals surface area contributed by atoms with Gasteiger partial charge in [0.15, 0.2) is 0 Å². The Hall–Kier alpha value is -2.41. The van der Waals surface area contributed by atoms with Crippen LogP contribution in [-0.2, 0) is 0 Å². The van der Waals surface area contributed by atoms with E-state index in [4.69, 9.17) is 10.5 Å². The summed E-state index contributed by atoms with van der Waals surface area (Å²) in [5.74, 6) is -0.0726. The molecule has 21 heavy (non-hydrogen) atoms. The average molecular weight is 351 g/mol. The van der Waals surface area contributed by atoms with Crippen LogP contribution >= 0.6 is 15.9 Å². The molecule has 2 N–H and O–H groups in total. The van der Waals surface area contributed by atoms with Crippen molar-refractivity contribution < 1.29 is 14.5 Å². The van der Waals surface area contributed by atoms with E-state index in [0.29, 0.717) is 5.75 Å². The number of nitrogens with two attached hydrogens (primary N) is 1. The van der Waals surface area contributed by atoms with Gasteiger partial charge in [-0.25, -0.2) is 0 Å². The molecule has 0 saturated carbocycles. The molecule has 0 bridgehead atoms. The van der Waals surface area contributed by atoms with Crippen LogP contribution in [0.1, 0.15) is 15.9 Å².